The second-order valence-corrected chi connectivity index (χ2v) is 7.84. The first kappa shape index (κ1) is 27.3. The van der Waals surface area contributed by atoms with Gasteiger partial charge in [-0.3, -0.25) is 9.53 Å². The highest BCUT2D eigenvalue weighted by molar-refractivity contribution is 9.09. The third kappa shape index (κ3) is 1.89. The van der Waals surface area contributed by atoms with Crippen molar-refractivity contribution in [1.82, 2.24) is 0 Å². The Hall–Kier alpha value is -1.28. The Morgan fingerprint density at radius 3 is 1.09 bits per heavy atom. The monoisotopic (exact) mass is 608 g/mol. The zero-order valence-corrected chi connectivity index (χ0v) is 16.3. The van der Waals surface area contributed by atoms with Crippen molar-refractivity contribution < 1.29 is 88.9 Å². The van der Waals surface area contributed by atoms with Crippen molar-refractivity contribution >= 4 is 21.9 Å². The molecule has 0 aromatic rings. The van der Waals surface area contributed by atoms with Crippen LogP contribution >= 0.6 is 15.9 Å². The van der Waals surface area contributed by atoms with Crippen molar-refractivity contribution in [1.29, 1.82) is 0 Å². The molecule has 4 aliphatic rings. The van der Waals surface area contributed by atoms with Crippen LogP contribution in [0.15, 0.2) is 0 Å². The third-order valence-electron chi connectivity index (χ3n) is 5.83. The number of ether oxygens (including phenoxy) is 2. The molecule has 21 heteroatoms. The largest absolute Gasteiger partial charge is 0.538 e. The Morgan fingerprint density at radius 1 is 0.588 bits per heavy atom. The van der Waals surface area contributed by atoms with E-state index in [-0.39, 0.29) is 0 Å². The van der Waals surface area contributed by atoms with Gasteiger partial charge in [0.1, 0.15) is 5.33 Å². The predicted octanol–water partition coefficient (Wildman–Crippen LogP) is 5.21. The van der Waals surface area contributed by atoms with Gasteiger partial charge in [-0.15, -0.1) is 8.78 Å². The normalized spacial score (nSPS) is 44.1. The highest BCUT2D eigenvalue weighted by Gasteiger charge is 3.23. The fourth-order valence-corrected chi connectivity index (χ4v) is 4.47. The van der Waals surface area contributed by atoms with Crippen LogP contribution in [0, 0.1) is 0 Å². The van der Waals surface area contributed by atoms with Crippen molar-refractivity contribution in [3.63, 3.8) is 0 Å². The standard InChI is InChI=1S/C13H2BrF17O3/c14-1-2(32)33-13(30,31)34-6-10(24,25)3(15)7(18,19)4(16,11(6,26)27)9(22,23)5(17,8(3,20)21)12(6,28)29/h1H2. The van der Waals surface area contributed by atoms with E-state index in [1.54, 1.807) is 0 Å². The Labute approximate surface area is 181 Å². The van der Waals surface area contributed by atoms with Crippen LogP contribution in [0.2, 0.25) is 0 Å². The summed E-state index contributed by atoms with van der Waals surface area (Å²) in [5, 5.41) is -1.47. The Balaban J connectivity index is 2.58. The van der Waals surface area contributed by atoms with Crippen molar-refractivity contribution in [3.05, 3.63) is 0 Å². The molecule has 4 fully saturated rings. The van der Waals surface area contributed by atoms with E-state index in [1.165, 1.54) is 0 Å². The zero-order chi connectivity index (χ0) is 27.2. The van der Waals surface area contributed by atoms with E-state index in [0.717, 1.165) is 0 Å². The minimum atomic E-state index is -8.20. The molecule has 4 bridgehead atoms. The molecule has 34 heavy (non-hydrogen) atoms. The summed E-state index contributed by atoms with van der Waals surface area (Å²) in [6.07, 6.45) is -6.74. The maximum Gasteiger partial charge on any atom is 0.538 e. The van der Waals surface area contributed by atoms with Crippen LogP contribution < -0.4 is 0 Å². The molecule has 0 aromatic carbocycles. The molecule has 0 radical (unpaired) electrons. The van der Waals surface area contributed by atoms with Crippen molar-refractivity contribution in [2.24, 2.45) is 0 Å². The van der Waals surface area contributed by atoms with E-state index >= 15 is 0 Å². The highest BCUT2D eigenvalue weighted by Crippen LogP contribution is 2.89. The first-order chi connectivity index (χ1) is 14.7. The van der Waals surface area contributed by atoms with Crippen LogP contribution in [0.3, 0.4) is 0 Å². The van der Waals surface area contributed by atoms with Gasteiger partial charge in [0.15, 0.2) is 0 Å². The van der Waals surface area contributed by atoms with Gasteiger partial charge in [-0.25, -0.2) is 13.2 Å². The van der Waals surface area contributed by atoms with Crippen molar-refractivity contribution in [2.45, 2.75) is 64.4 Å². The number of alkyl halides is 18. The van der Waals surface area contributed by atoms with Gasteiger partial charge in [-0.1, -0.05) is 15.9 Å². The number of carbonyl (C=O) groups excluding carboxylic acids is 1. The van der Waals surface area contributed by atoms with E-state index in [9.17, 15) is 79.4 Å². The summed E-state index contributed by atoms with van der Waals surface area (Å²) >= 11 is 2.01. The smallest absolute Gasteiger partial charge is 0.376 e. The van der Waals surface area contributed by atoms with Crippen molar-refractivity contribution in [3.8, 4) is 0 Å². The fraction of sp³-hybridized carbons (Fsp3) is 0.923. The van der Waals surface area contributed by atoms with E-state index in [0.29, 0.717) is 0 Å². The molecule has 0 N–H and O–H groups in total. The molecule has 0 amide bonds. The summed E-state index contributed by atoms with van der Waals surface area (Å²) in [7, 11) is 0. The SMILES string of the molecule is O=C(CBr)OC(F)(F)OC12C(F)(F)C3(F)C(F)(F)C(F)(C(F)(F)C(F)(C3(F)F)C1(F)F)C2(F)F. The average Bonchev–Trinajstić information content (AvgIpc) is 2.65. The Morgan fingerprint density at radius 2 is 0.853 bits per heavy atom. The van der Waals surface area contributed by atoms with E-state index in [1.807, 2.05) is 15.9 Å². The lowest BCUT2D eigenvalue weighted by Crippen LogP contribution is -3.10. The molecule has 0 spiro atoms. The minimum Gasteiger partial charge on any atom is -0.376 e. The summed E-state index contributed by atoms with van der Waals surface area (Å²) < 4.78 is 249. The van der Waals surface area contributed by atoms with Crippen LogP contribution in [0.4, 0.5) is 74.6 Å². The molecule has 0 atom stereocenters. The number of halogens is 18. The van der Waals surface area contributed by atoms with Gasteiger partial charge in [0.05, 0.1) is 0 Å². The molecule has 4 saturated carbocycles. The van der Waals surface area contributed by atoms with Crippen LogP contribution in [0.5, 0.6) is 0 Å². The summed E-state index contributed by atoms with van der Waals surface area (Å²) in [4.78, 5) is 10.8. The van der Waals surface area contributed by atoms with Gasteiger partial charge in [0.2, 0.25) is 0 Å². The van der Waals surface area contributed by atoms with E-state index in [4.69, 9.17) is 0 Å². The average molecular weight is 609 g/mol. The molecule has 4 aliphatic carbocycles. The summed E-state index contributed by atoms with van der Waals surface area (Å²) in [5.41, 5.74) is -32.2. The molecule has 0 aliphatic heterocycles. The first-order valence-corrected chi connectivity index (χ1v) is 8.98. The summed E-state index contributed by atoms with van der Waals surface area (Å²) in [5.74, 6) is -51.6. The number of hydrogen-bond acceptors (Lipinski definition) is 3. The molecule has 4 rings (SSSR count). The number of rotatable bonds is 4. The highest BCUT2D eigenvalue weighted by atomic mass is 79.9. The summed E-state index contributed by atoms with van der Waals surface area (Å²) in [6, 6.07) is 0. The number of esters is 1. The van der Waals surface area contributed by atoms with Gasteiger partial charge < -0.3 is 4.74 Å². The molecular formula is C13H2BrF17O3. The number of hydrogen-bond donors (Lipinski definition) is 0. The van der Waals surface area contributed by atoms with Gasteiger partial charge in [0.25, 0.3) is 5.60 Å². The quantitative estimate of drug-likeness (QED) is 0.190. The lowest BCUT2D eigenvalue weighted by molar-refractivity contribution is -0.637. The van der Waals surface area contributed by atoms with Gasteiger partial charge in [-0.2, -0.15) is 52.7 Å². The van der Waals surface area contributed by atoms with Crippen LogP contribution in [-0.2, 0) is 14.3 Å². The van der Waals surface area contributed by atoms with Gasteiger partial charge in [-0.05, 0) is 0 Å². The molecular weight excluding hydrogens is 607 g/mol. The van der Waals surface area contributed by atoms with Crippen LogP contribution in [0.1, 0.15) is 0 Å². The molecule has 0 unspecified atom stereocenters. The molecule has 0 aromatic heterocycles. The summed E-state index contributed by atoms with van der Waals surface area (Å²) in [6.45, 7) is 0. The van der Waals surface area contributed by atoms with Gasteiger partial charge >= 0.3 is 64.8 Å². The van der Waals surface area contributed by atoms with Crippen LogP contribution in [-0.4, -0.2) is 75.7 Å². The lowest BCUT2D eigenvalue weighted by atomic mass is 9.40. The maximum absolute atomic E-state index is 14.7. The fourth-order valence-electron chi connectivity index (χ4n) is 4.36. The lowest BCUT2D eigenvalue weighted by Gasteiger charge is -2.74. The second kappa shape index (κ2) is 5.99. The predicted molar refractivity (Wildman–Crippen MR) is 69.8 cm³/mol. The molecule has 3 nitrogen and oxygen atoms in total. The Kier molecular flexibility index (Phi) is 4.81. The maximum atomic E-state index is 14.7. The van der Waals surface area contributed by atoms with E-state index in [2.05, 4.69) is 9.47 Å². The molecule has 198 valence electrons. The Bertz CT molecular complexity index is 834. The molecule has 0 heterocycles. The minimum absolute atomic E-state index is 1.47. The second-order valence-electron chi connectivity index (χ2n) is 7.28. The van der Waals surface area contributed by atoms with Crippen LogP contribution in [0.25, 0.3) is 0 Å². The van der Waals surface area contributed by atoms with Crippen molar-refractivity contribution in [2.75, 3.05) is 5.33 Å². The van der Waals surface area contributed by atoms with E-state index < -0.39 is 75.7 Å². The topological polar surface area (TPSA) is 35.5 Å². The van der Waals surface area contributed by atoms with Gasteiger partial charge in [0, 0.05) is 0 Å². The first-order valence-electron chi connectivity index (χ1n) is 7.85. The number of carbonyl (C=O) groups is 1. The zero-order valence-electron chi connectivity index (χ0n) is 14.7. The third-order valence-corrected chi connectivity index (χ3v) is 6.29. The molecule has 0 saturated heterocycles.